The van der Waals surface area contributed by atoms with Crippen LogP contribution in [0.2, 0.25) is 5.02 Å². The van der Waals surface area contributed by atoms with Gasteiger partial charge in [-0.1, -0.05) is 42.0 Å². The molecule has 110 valence electrons. The summed E-state index contributed by atoms with van der Waals surface area (Å²) in [6.07, 6.45) is 0. The number of nitrogens with one attached hydrogen (secondary N) is 1. The van der Waals surface area contributed by atoms with Gasteiger partial charge < -0.3 is 5.73 Å². The van der Waals surface area contributed by atoms with Gasteiger partial charge in [0.25, 0.3) is 10.0 Å². The predicted octanol–water partition coefficient (Wildman–Crippen LogP) is 3.08. The summed E-state index contributed by atoms with van der Waals surface area (Å²) in [7, 11) is -3.73. The monoisotopic (exact) mass is 340 g/mol. The molecule has 0 fully saturated rings. The van der Waals surface area contributed by atoms with E-state index in [4.69, 9.17) is 29.6 Å². The first kappa shape index (κ1) is 15.8. The highest BCUT2D eigenvalue weighted by Crippen LogP contribution is 2.25. The van der Waals surface area contributed by atoms with Crippen molar-refractivity contribution in [2.45, 2.75) is 11.8 Å². The number of thiocarbonyl (C=S) groups is 1. The van der Waals surface area contributed by atoms with Crippen molar-refractivity contribution in [2.24, 2.45) is 5.73 Å². The number of halogens is 1. The number of hydrogen-bond acceptors (Lipinski definition) is 3. The number of nitrogens with two attached hydrogens (primary N) is 1. The van der Waals surface area contributed by atoms with E-state index in [2.05, 4.69) is 4.72 Å². The zero-order valence-corrected chi connectivity index (χ0v) is 13.5. The lowest BCUT2D eigenvalue weighted by molar-refractivity contribution is 0.601. The van der Waals surface area contributed by atoms with Crippen LogP contribution in [0.1, 0.15) is 11.1 Å². The molecule has 2 aromatic carbocycles. The van der Waals surface area contributed by atoms with Crippen molar-refractivity contribution in [1.82, 2.24) is 0 Å². The molecule has 0 amide bonds. The van der Waals surface area contributed by atoms with Crippen molar-refractivity contribution < 1.29 is 8.42 Å². The van der Waals surface area contributed by atoms with Crippen LogP contribution in [0, 0.1) is 6.92 Å². The Kier molecular flexibility index (Phi) is 4.51. The Morgan fingerprint density at radius 2 is 1.90 bits per heavy atom. The molecular weight excluding hydrogens is 328 g/mol. The zero-order chi connectivity index (χ0) is 15.6. The molecule has 0 aromatic heterocycles. The number of benzene rings is 2. The van der Waals surface area contributed by atoms with Gasteiger partial charge in [-0.15, -0.1) is 0 Å². The Morgan fingerprint density at radius 3 is 2.57 bits per heavy atom. The Morgan fingerprint density at radius 1 is 1.24 bits per heavy atom. The van der Waals surface area contributed by atoms with Gasteiger partial charge >= 0.3 is 0 Å². The van der Waals surface area contributed by atoms with Crippen LogP contribution in [0.3, 0.4) is 0 Å². The van der Waals surface area contributed by atoms with E-state index in [-0.39, 0.29) is 9.88 Å². The molecule has 0 spiro atoms. The lowest BCUT2D eigenvalue weighted by Gasteiger charge is -2.12. The average molecular weight is 341 g/mol. The number of sulfonamides is 1. The topological polar surface area (TPSA) is 72.2 Å². The van der Waals surface area contributed by atoms with E-state index < -0.39 is 10.0 Å². The van der Waals surface area contributed by atoms with Crippen molar-refractivity contribution in [3.63, 3.8) is 0 Å². The lowest BCUT2D eigenvalue weighted by Crippen LogP contribution is -2.15. The summed E-state index contributed by atoms with van der Waals surface area (Å²) in [4.78, 5) is 0.234. The third-order valence-corrected chi connectivity index (χ3v) is 4.95. The molecule has 21 heavy (non-hydrogen) atoms. The fourth-order valence-electron chi connectivity index (χ4n) is 1.74. The van der Waals surface area contributed by atoms with Gasteiger partial charge in [0, 0.05) is 10.6 Å². The molecule has 0 saturated heterocycles. The fourth-order valence-corrected chi connectivity index (χ4v) is 3.21. The van der Waals surface area contributed by atoms with Crippen LogP contribution in [0.4, 0.5) is 5.69 Å². The third kappa shape index (κ3) is 3.53. The van der Waals surface area contributed by atoms with E-state index >= 15 is 0 Å². The Balaban J connectivity index is 2.41. The summed E-state index contributed by atoms with van der Waals surface area (Å²) in [6.45, 7) is 1.74. The SMILES string of the molecule is Cc1c(Cl)cccc1NS(=O)(=O)c1cccc(C(N)=S)c1. The summed E-state index contributed by atoms with van der Waals surface area (Å²) in [6, 6.07) is 11.2. The van der Waals surface area contributed by atoms with Gasteiger partial charge in [0.2, 0.25) is 0 Å². The molecule has 0 aliphatic rings. The average Bonchev–Trinajstić information content (AvgIpc) is 2.44. The maximum atomic E-state index is 12.4. The molecular formula is C14H13ClN2O2S2. The minimum atomic E-state index is -3.73. The molecule has 4 nitrogen and oxygen atoms in total. The Bertz CT molecular complexity index is 804. The molecule has 0 atom stereocenters. The smallest absolute Gasteiger partial charge is 0.261 e. The summed E-state index contributed by atoms with van der Waals surface area (Å²) < 4.78 is 27.3. The number of hydrogen-bond donors (Lipinski definition) is 2. The van der Waals surface area contributed by atoms with Crippen LogP contribution >= 0.6 is 23.8 Å². The Labute approximate surface area is 134 Å². The normalized spacial score (nSPS) is 11.1. The van der Waals surface area contributed by atoms with Crippen molar-refractivity contribution >= 4 is 44.5 Å². The van der Waals surface area contributed by atoms with Crippen LogP contribution in [-0.2, 0) is 10.0 Å². The molecule has 3 N–H and O–H groups in total. The maximum Gasteiger partial charge on any atom is 0.261 e. The first-order chi connectivity index (χ1) is 9.81. The maximum absolute atomic E-state index is 12.4. The van der Waals surface area contributed by atoms with E-state index in [1.807, 2.05) is 0 Å². The Hall–Kier alpha value is -1.63. The molecule has 0 aliphatic carbocycles. The first-order valence-electron chi connectivity index (χ1n) is 5.99. The molecule has 0 aliphatic heterocycles. The second kappa shape index (κ2) is 6.01. The second-order valence-electron chi connectivity index (χ2n) is 4.41. The van der Waals surface area contributed by atoms with Crippen molar-refractivity contribution in [1.29, 1.82) is 0 Å². The van der Waals surface area contributed by atoms with E-state index in [0.717, 1.165) is 0 Å². The van der Waals surface area contributed by atoms with E-state index in [1.165, 1.54) is 12.1 Å². The van der Waals surface area contributed by atoms with Gasteiger partial charge in [0.1, 0.15) is 4.99 Å². The lowest BCUT2D eigenvalue weighted by atomic mass is 10.2. The first-order valence-corrected chi connectivity index (χ1v) is 8.26. The van der Waals surface area contributed by atoms with E-state index in [0.29, 0.717) is 21.8 Å². The number of anilines is 1. The molecule has 0 bridgehead atoms. The second-order valence-corrected chi connectivity index (χ2v) is 6.94. The highest BCUT2D eigenvalue weighted by atomic mass is 35.5. The van der Waals surface area contributed by atoms with Crippen LogP contribution in [0.15, 0.2) is 47.4 Å². The quantitative estimate of drug-likeness (QED) is 0.839. The predicted molar refractivity (Wildman–Crippen MR) is 89.3 cm³/mol. The molecule has 2 rings (SSSR count). The van der Waals surface area contributed by atoms with Crippen LogP contribution in [0.5, 0.6) is 0 Å². The molecule has 0 saturated carbocycles. The van der Waals surface area contributed by atoms with Crippen molar-refractivity contribution in [3.8, 4) is 0 Å². The van der Waals surface area contributed by atoms with Crippen LogP contribution < -0.4 is 10.5 Å². The summed E-state index contributed by atoms with van der Waals surface area (Å²) in [5.74, 6) is 0. The van der Waals surface area contributed by atoms with Gasteiger partial charge in [-0.05, 0) is 36.8 Å². The van der Waals surface area contributed by atoms with Gasteiger partial charge in [0.15, 0.2) is 0 Å². The van der Waals surface area contributed by atoms with Gasteiger partial charge in [0.05, 0.1) is 10.6 Å². The van der Waals surface area contributed by atoms with Gasteiger partial charge in [-0.25, -0.2) is 8.42 Å². The minimum absolute atomic E-state index is 0.0900. The van der Waals surface area contributed by atoms with Gasteiger partial charge in [-0.3, -0.25) is 4.72 Å². The molecule has 0 unspecified atom stereocenters. The van der Waals surface area contributed by atoms with Crippen LogP contribution in [-0.4, -0.2) is 13.4 Å². The van der Waals surface area contributed by atoms with Crippen molar-refractivity contribution in [2.75, 3.05) is 4.72 Å². The molecule has 7 heteroatoms. The largest absolute Gasteiger partial charge is 0.389 e. The number of rotatable bonds is 4. The molecule has 0 heterocycles. The highest BCUT2D eigenvalue weighted by molar-refractivity contribution is 7.92. The molecule has 2 aromatic rings. The van der Waals surface area contributed by atoms with Crippen LogP contribution in [0.25, 0.3) is 0 Å². The fraction of sp³-hybridized carbons (Fsp3) is 0.0714. The highest BCUT2D eigenvalue weighted by Gasteiger charge is 2.16. The zero-order valence-electron chi connectivity index (χ0n) is 11.1. The minimum Gasteiger partial charge on any atom is -0.389 e. The van der Waals surface area contributed by atoms with E-state index in [9.17, 15) is 8.42 Å². The summed E-state index contributed by atoms with van der Waals surface area (Å²) in [5.41, 5.74) is 7.11. The van der Waals surface area contributed by atoms with E-state index in [1.54, 1.807) is 37.3 Å². The van der Waals surface area contributed by atoms with Gasteiger partial charge in [-0.2, -0.15) is 0 Å². The standard InChI is InChI=1S/C14H13ClN2O2S2/c1-9-12(15)6-3-7-13(9)17-21(18,19)11-5-2-4-10(8-11)14(16)20/h2-8,17H,1H3,(H2,16,20). The summed E-state index contributed by atoms with van der Waals surface area (Å²) in [5, 5.41) is 0.493. The molecule has 0 radical (unpaired) electrons. The van der Waals surface area contributed by atoms with Crippen molar-refractivity contribution in [3.05, 3.63) is 58.6 Å². The third-order valence-electron chi connectivity index (χ3n) is 2.94. The summed E-state index contributed by atoms with van der Waals surface area (Å²) >= 11 is 10.8.